The summed E-state index contributed by atoms with van der Waals surface area (Å²) in [6.45, 7) is 6.95. The van der Waals surface area contributed by atoms with Crippen LogP contribution in [0.4, 0.5) is 8.78 Å². The Morgan fingerprint density at radius 2 is 2.18 bits per heavy atom. The van der Waals surface area contributed by atoms with Crippen molar-refractivity contribution in [3.63, 3.8) is 0 Å². The SMILES string of the molecule is C=C(NC(C)c1ccc(F)cc1Cl)/C(F)=C\C. The molecule has 1 aromatic carbocycles. The third-order valence-corrected chi connectivity index (χ3v) is 2.69. The number of benzene rings is 1. The summed E-state index contributed by atoms with van der Waals surface area (Å²) in [4.78, 5) is 0. The van der Waals surface area contributed by atoms with Crippen LogP contribution in [0.3, 0.4) is 0 Å². The lowest BCUT2D eigenvalue weighted by Crippen LogP contribution is -2.18. The second kappa shape index (κ2) is 5.82. The average molecular weight is 258 g/mol. The topological polar surface area (TPSA) is 12.0 Å². The number of nitrogens with one attached hydrogen (secondary N) is 1. The van der Waals surface area contributed by atoms with Crippen molar-refractivity contribution < 1.29 is 8.78 Å². The highest BCUT2D eigenvalue weighted by Gasteiger charge is 2.12. The fraction of sp³-hybridized carbons (Fsp3) is 0.231. The Morgan fingerprint density at radius 1 is 1.53 bits per heavy atom. The molecule has 0 aliphatic rings. The van der Waals surface area contributed by atoms with E-state index >= 15 is 0 Å². The molecule has 1 unspecified atom stereocenters. The van der Waals surface area contributed by atoms with Crippen LogP contribution in [0.2, 0.25) is 5.02 Å². The van der Waals surface area contributed by atoms with E-state index in [9.17, 15) is 8.78 Å². The van der Waals surface area contributed by atoms with Gasteiger partial charge >= 0.3 is 0 Å². The molecular formula is C13H14ClF2N. The first-order chi connectivity index (χ1) is 7.95. The Bertz CT molecular complexity index is 455. The molecule has 0 aliphatic carbocycles. The van der Waals surface area contributed by atoms with Crippen LogP contribution in [0.25, 0.3) is 0 Å². The van der Waals surface area contributed by atoms with Crippen LogP contribution in [0, 0.1) is 5.82 Å². The summed E-state index contributed by atoms with van der Waals surface area (Å²) in [5.74, 6) is -0.820. The van der Waals surface area contributed by atoms with Gasteiger partial charge in [-0.05, 0) is 37.6 Å². The highest BCUT2D eigenvalue weighted by atomic mass is 35.5. The summed E-state index contributed by atoms with van der Waals surface area (Å²) < 4.78 is 26.0. The lowest BCUT2D eigenvalue weighted by atomic mass is 10.1. The maximum atomic E-state index is 13.2. The van der Waals surface area contributed by atoms with Crippen LogP contribution in [0.5, 0.6) is 0 Å². The fourth-order valence-electron chi connectivity index (χ4n) is 1.43. The molecule has 92 valence electrons. The van der Waals surface area contributed by atoms with Crippen molar-refractivity contribution in [1.29, 1.82) is 0 Å². The number of hydrogen-bond acceptors (Lipinski definition) is 1. The van der Waals surface area contributed by atoms with Crippen molar-refractivity contribution in [3.05, 3.63) is 58.8 Å². The van der Waals surface area contributed by atoms with Gasteiger partial charge in [0, 0.05) is 5.02 Å². The van der Waals surface area contributed by atoms with Crippen molar-refractivity contribution >= 4 is 11.6 Å². The summed E-state index contributed by atoms with van der Waals surface area (Å²) in [5, 5.41) is 3.17. The molecule has 1 rings (SSSR count). The number of hydrogen-bond donors (Lipinski definition) is 1. The van der Waals surface area contributed by atoms with Gasteiger partial charge in [-0.1, -0.05) is 24.2 Å². The molecule has 1 atom stereocenters. The lowest BCUT2D eigenvalue weighted by Gasteiger charge is -2.17. The summed E-state index contributed by atoms with van der Waals surface area (Å²) in [7, 11) is 0. The quantitative estimate of drug-likeness (QED) is 0.782. The smallest absolute Gasteiger partial charge is 0.141 e. The van der Waals surface area contributed by atoms with E-state index in [0.29, 0.717) is 10.6 Å². The minimum absolute atomic E-state index is 0.181. The van der Waals surface area contributed by atoms with Gasteiger partial charge in [0.15, 0.2) is 0 Å². The van der Waals surface area contributed by atoms with Gasteiger partial charge in [-0.2, -0.15) is 0 Å². The van der Waals surface area contributed by atoms with Crippen LogP contribution >= 0.6 is 11.6 Å². The van der Waals surface area contributed by atoms with Crippen LogP contribution in [0.15, 0.2) is 42.4 Å². The van der Waals surface area contributed by atoms with Crippen LogP contribution < -0.4 is 5.32 Å². The average Bonchev–Trinajstić information content (AvgIpc) is 2.27. The molecule has 1 aromatic rings. The predicted octanol–water partition coefficient (Wildman–Crippen LogP) is 4.52. The summed E-state index contributed by atoms with van der Waals surface area (Å²) in [6.07, 6.45) is 1.31. The number of allylic oxidation sites excluding steroid dienone is 2. The second-order valence-corrected chi connectivity index (χ2v) is 4.05. The van der Waals surface area contributed by atoms with Crippen molar-refractivity contribution in [2.24, 2.45) is 0 Å². The summed E-state index contributed by atoms with van der Waals surface area (Å²) in [6, 6.07) is 3.86. The minimum Gasteiger partial charge on any atom is -0.377 e. The molecule has 0 saturated heterocycles. The van der Waals surface area contributed by atoms with Gasteiger partial charge in [0.1, 0.15) is 11.6 Å². The first-order valence-electron chi connectivity index (χ1n) is 5.18. The number of rotatable bonds is 4. The van der Waals surface area contributed by atoms with Gasteiger partial charge < -0.3 is 5.32 Å². The molecule has 0 saturated carbocycles. The van der Waals surface area contributed by atoms with Crippen LogP contribution in [-0.4, -0.2) is 0 Å². The zero-order valence-corrected chi connectivity index (χ0v) is 10.5. The van der Waals surface area contributed by atoms with E-state index in [2.05, 4.69) is 11.9 Å². The fourth-order valence-corrected chi connectivity index (χ4v) is 1.77. The third kappa shape index (κ3) is 3.56. The largest absolute Gasteiger partial charge is 0.377 e. The summed E-state index contributed by atoms with van der Waals surface area (Å²) in [5.41, 5.74) is 0.874. The van der Waals surface area contributed by atoms with Crippen molar-refractivity contribution in [2.45, 2.75) is 19.9 Å². The first kappa shape index (κ1) is 13.7. The second-order valence-electron chi connectivity index (χ2n) is 3.65. The molecule has 0 bridgehead atoms. The molecule has 4 heteroatoms. The molecule has 1 N–H and O–H groups in total. The van der Waals surface area contributed by atoms with Gasteiger partial charge in [-0.3, -0.25) is 0 Å². The molecule has 0 spiro atoms. The monoisotopic (exact) mass is 257 g/mol. The van der Waals surface area contributed by atoms with E-state index in [1.807, 2.05) is 0 Å². The van der Waals surface area contributed by atoms with Crippen molar-refractivity contribution in [1.82, 2.24) is 5.32 Å². The normalized spacial score (nSPS) is 13.4. The zero-order valence-electron chi connectivity index (χ0n) is 9.73. The van der Waals surface area contributed by atoms with Crippen molar-refractivity contribution in [2.75, 3.05) is 0 Å². The molecule has 1 nitrogen and oxygen atoms in total. The minimum atomic E-state index is -0.421. The Labute approximate surface area is 105 Å². The highest BCUT2D eigenvalue weighted by Crippen LogP contribution is 2.25. The zero-order chi connectivity index (χ0) is 13.0. The Morgan fingerprint density at radius 3 is 2.71 bits per heavy atom. The Kier molecular flexibility index (Phi) is 4.70. The highest BCUT2D eigenvalue weighted by molar-refractivity contribution is 6.31. The molecule has 0 amide bonds. The predicted molar refractivity (Wildman–Crippen MR) is 67.0 cm³/mol. The van der Waals surface area contributed by atoms with Gasteiger partial charge in [0.05, 0.1) is 11.7 Å². The van der Waals surface area contributed by atoms with E-state index in [1.165, 1.54) is 18.2 Å². The van der Waals surface area contributed by atoms with E-state index < -0.39 is 11.6 Å². The standard InChI is InChI=1S/C13H14ClF2N/c1-4-13(16)9(3)17-8(2)11-6-5-10(15)7-12(11)14/h4-8,17H,3H2,1-2H3/b13-4+. The molecule has 17 heavy (non-hydrogen) atoms. The van der Waals surface area contributed by atoms with Gasteiger partial charge in [-0.25, -0.2) is 8.78 Å². The molecule has 0 heterocycles. The van der Waals surface area contributed by atoms with Crippen LogP contribution in [0.1, 0.15) is 25.5 Å². The van der Waals surface area contributed by atoms with Crippen molar-refractivity contribution in [3.8, 4) is 0 Å². The Balaban J connectivity index is 2.83. The van der Waals surface area contributed by atoms with E-state index in [4.69, 9.17) is 11.6 Å². The van der Waals surface area contributed by atoms with Crippen LogP contribution in [-0.2, 0) is 0 Å². The third-order valence-electron chi connectivity index (χ3n) is 2.36. The molecule has 0 fully saturated rings. The van der Waals surface area contributed by atoms with Gasteiger partial charge in [0.25, 0.3) is 0 Å². The van der Waals surface area contributed by atoms with E-state index in [0.717, 1.165) is 0 Å². The molecule has 0 aromatic heterocycles. The van der Waals surface area contributed by atoms with Gasteiger partial charge in [0.2, 0.25) is 0 Å². The first-order valence-corrected chi connectivity index (χ1v) is 5.56. The number of halogens is 3. The van der Waals surface area contributed by atoms with Gasteiger partial charge in [-0.15, -0.1) is 0 Å². The van der Waals surface area contributed by atoms with E-state index in [1.54, 1.807) is 19.9 Å². The maximum Gasteiger partial charge on any atom is 0.141 e. The van der Waals surface area contributed by atoms with E-state index in [-0.39, 0.29) is 11.7 Å². The molecular weight excluding hydrogens is 244 g/mol. The molecule has 0 aliphatic heterocycles. The summed E-state index contributed by atoms with van der Waals surface area (Å²) >= 11 is 5.90. The molecule has 0 radical (unpaired) electrons. The Hall–Kier alpha value is -1.35. The lowest BCUT2D eigenvalue weighted by molar-refractivity contribution is 0.580. The maximum absolute atomic E-state index is 13.2.